The number of para-hydroxylation sites is 2. The van der Waals surface area contributed by atoms with Crippen molar-refractivity contribution >= 4 is 57.6 Å². The van der Waals surface area contributed by atoms with Crippen LogP contribution in [0.15, 0.2) is 111 Å². The fourth-order valence-corrected chi connectivity index (χ4v) is 5.96. The molecule has 0 unspecified atom stereocenters. The number of fused-ring (bicyclic) bond motifs is 1. The highest BCUT2D eigenvalue weighted by Crippen LogP contribution is 2.34. The summed E-state index contributed by atoms with van der Waals surface area (Å²) in [6.45, 7) is 3.99. The molecule has 5 nitrogen and oxygen atoms in total. The van der Waals surface area contributed by atoms with Crippen LogP contribution in [0.3, 0.4) is 0 Å². The van der Waals surface area contributed by atoms with Crippen LogP contribution < -0.4 is 10.9 Å². The Balaban J connectivity index is 1.41. The number of aromatic nitrogens is 2. The van der Waals surface area contributed by atoms with Gasteiger partial charge in [0.15, 0.2) is 5.16 Å². The monoisotopic (exact) mass is 557 g/mol. The number of nitrogens with one attached hydrogen (secondary N) is 1. The molecule has 4 aromatic carbocycles. The molecule has 38 heavy (non-hydrogen) atoms. The van der Waals surface area contributed by atoms with E-state index in [0.29, 0.717) is 21.1 Å². The van der Waals surface area contributed by atoms with Crippen molar-refractivity contribution in [1.29, 1.82) is 0 Å². The van der Waals surface area contributed by atoms with Gasteiger partial charge in [-0.1, -0.05) is 65.5 Å². The Morgan fingerprint density at radius 1 is 0.921 bits per heavy atom. The second kappa shape index (κ2) is 11.5. The number of thioether (sulfide) groups is 1. The van der Waals surface area contributed by atoms with Crippen LogP contribution in [-0.4, -0.2) is 21.2 Å². The second-order valence-electron chi connectivity index (χ2n) is 8.79. The van der Waals surface area contributed by atoms with Crippen molar-refractivity contribution in [1.82, 2.24) is 9.55 Å². The number of amides is 1. The molecule has 1 N–H and O–H groups in total. The highest BCUT2D eigenvalue weighted by molar-refractivity contribution is 8.00. The van der Waals surface area contributed by atoms with E-state index in [4.69, 9.17) is 16.6 Å². The van der Waals surface area contributed by atoms with E-state index in [2.05, 4.69) is 11.4 Å². The average Bonchev–Trinajstić information content (AvgIpc) is 2.89. The molecule has 0 fully saturated rings. The quantitative estimate of drug-likeness (QED) is 0.165. The zero-order chi connectivity index (χ0) is 26.6. The molecule has 8 heteroatoms. The summed E-state index contributed by atoms with van der Waals surface area (Å²) in [5.41, 5.74) is 3.99. The number of carbonyl (C=O) groups excluding carboxylic acids is 1. The van der Waals surface area contributed by atoms with Gasteiger partial charge in [0.25, 0.3) is 5.56 Å². The minimum atomic E-state index is -0.187. The fraction of sp³-hybridized carbons (Fsp3) is 0.100. The van der Waals surface area contributed by atoms with Gasteiger partial charge in [0.1, 0.15) is 0 Å². The number of hydrogen-bond donors (Lipinski definition) is 1. The third kappa shape index (κ3) is 5.96. The lowest BCUT2D eigenvalue weighted by molar-refractivity contribution is -0.113. The molecule has 0 saturated carbocycles. The van der Waals surface area contributed by atoms with Crippen molar-refractivity contribution in [3.63, 3.8) is 0 Å². The SMILES string of the molecule is Cc1cc(C)cc(-n2c(SCC(=O)Nc3ccccc3Sc3ccc(Cl)cc3)nc3ccccc3c2=O)c1. The van der Waals surface area contributed by atoms with E-state index in [-0.39, 0.29) is 17.2 Å². The molecule has 0 spiro atoms. The molecule has 5 aromatic rings. The molecule has 1 aromatic heterocycles. The maximum atomic E-state index is 13.5. The Morgan fingerprint density at radius 2 is 1.61 bits per heavy atom. The van der Waals surface area contributed by atoms with Gasteiger partial charge in [0.05, 0.1) is 28.0 Å². The summed E-state index contributed by atoms with van der Waals surface area (Å²) >= 11 is 8.80. The van der Waals surface area contributed by atoms with E-state index >= 15 is 0 Å². The molecular weight excluding hydrogens is 534 g/mol. The largest absolute Gasteiger partial charge is 0.324 e. The number of halogens is 1. The number of nitrogens with zero attached hydrogens (tertiary/aromatic N) is 2. The highest BCUT2D eigenvalue weighted by Gasteiger charge is 2.16. The topological polar surface area (TPSA) is 64.0 Å². The van der Waals surface area contributed by atoms with E-state index in [1.165, 1.54) is 11.8 Å². The number of hydrogen-bond acceptors (Lipinski definition) is 5. The highest BCUT2D eigenvalue weighted by atomic mass is 35.5. The van der Waals surface area contributed by atoms with Crippen LogP contribution >= 0.6 is 35.1 Å². The van der Waals surface area contributed by atoms with Gasteiger partial charge < -0.3 is 5.32 Å². The summed E-state index contributed by atoms with van der Waals surface area (Å²) in [5.74, 6) is -0.0938. The maximum absolute atomic E-state index is 13.5. The molecule has 0 aliphatic carbocycles. The molecule has 190 valence electrons. The molecule has 0 saturated heterocycles. The van der Waals surface area contributed by atoms with Gasteiger partial charge in [0.2, 0.25) is 5.91 Å². The van der Waals surface area contributed by atoms with Crippen LogP contribution in [0, 0.1) is 13.8 Å². The normalized spacial score (nSPS) is 11.0. The number of anilines is 1. The lowest BCUT2D eigenvalue weighted by Gasteiger charge is -2.15. The number of benzene rings is 4. The van der Waals surface area contributed by atoms with Gasteiger partial charge in [-0.3, -0.25) is 14.2 Å². The summed E-state index contributed by atoms with van der Waals surface area (Å²) in [6, 6.07) is 28.5. The number of aryl methyl sites for hydroxylation is 2. The van der Waals surface area contributed by atoms with Gasteiger partial charge in [-0.05, 0) is 85.6 Å². The first-order valence-electron chi connectivity index (χ1n) is 11.9. The van der Waals surface area contributed by atoms with Crippen molar-refractivity contribution in [3.05, 3.63) is 117 Å². The summed E-state index contributed by atoms with van der Waals surface area (Å²) in [6.07, 6.45) is 0. The molecule has 0 atom stereocenters. The van der Waals surface area contributed by atoms with Crippen molar-refractivity contribution in [3.8, 4) is 5.69 Å². The Bertz CT molecular complexity index is 1680. The van der Waals surface area contributed by atoms with Crippen molar-refractivity contribution in [2.24, 2.45) is 0 Å². The van der Waals surface area contributed by atoms with Gasteiger partial charge in [0, 0.05) is 14.8 Å². The van der Waals surface area contributed by atoms with Gasteiger partial charge in [-0.2, -0.15) is 0 Å². The molecule has 0 aliphatic rings. The van der Waals surface area contributed by atoms with Crippen LogP contribution in [-0.2, 0) is 4.79 Å². The average molecular weight is 558 g/mol. The van der Waals surface area contributed by atoms with Crippen LogP contribution in [0.5, 0.6) is 0 Å². The Morgan fingerprint density at radius 3 is 2.37 bits per heavy atom. The predicted octanol–water partition coefficient (Wildman–Crippen LogP) is 7.54. The summed E-state index contributed by atoms with van der Waals surface area (Å²) in [7, 11) is 0. The fourth-order valence-electron chi connectivity index (χ4n) is 4.12. The van der Waals surface area contributed by atoms with Crippen LogP contribution in [0.1, 0.15) is 11.1 Å². The molecule has 5 rings (SSSR count). The summed E-state index contributed by atoms with van der Waals surface area (Å²) in [4.78, 5) is 33.3. The van der Waals surface area contributed by atoms with E-state index in [1.807, 2.05) is 92.7 Å². The molecule has 0 bridgehead atoms. The van der Waals surface area contributed by atoms with Gasteiger partial charge in [-0.25, -0.2) is 4.98 Å². The van der Waals surface area contributed by atoms with E-state index in [9.17, 15) is 9.59 Å². The minimum Gasteiger partial charge on any atom is -0.324 e. The van der Waals surface area contributed by atoms with Crippen molar-refractivity contribution < 1.29 is 4.79 Å². The second-order valence-corrected chi connectivity index (χ2v) is 11.3. The van der Waals surface area contributed by atoms with Crippen LogP contribution in [0.4, 0.5) is 5.69 Å². The minimum absolute atomic E-state index is 0.0928. The van der Waals surface area contributed by atoms with E-state index in [0.717, 1.165) is 32.3 Å². The lowest BCUT2D eigenvalue weighted by Crippen LogP contribution is -2.23. The predicted molar refractivity (Wildman–Crippen MR) is 158 cm³/mol. The van der Waals surface area contributed by atoms with Gasteiger partial charge in [-0.15, -0.1) is 0 Å². The Kier molecular flexibility index (Phi) is 7.88. The zero-order valence-corrected chi connectivity index (χ0v) is 23.2. The van der Waals surface area contributed by atoms with Crippen molar-refractivity contribution in [2.75, 3.05) is 11.1 Å². The lowest BCUT2D eigenvalue weighted by atomic mass is 10.1. The van der Waals surface area contributed by atoms with E-state index in [1.54, 1.807) is 22.4 Å². The molecular formula is C30H24ClN3O2S2. The molecule has 0 radical (unpaired) electrons. The third-order valence-electron chi connectivity index (χ3n) is 5.74. The standard InChI is InChI=1S/C30H24ClN3O2S2/c1-19-15-20(2)17-22(16-19)34-29(36)24-7-3-4-8-25(24)33-30(34)37-18-28(35)32-26-9-5-6-10-27(26)38-23-13-11-21(31)12-14-23/h3-17H,18H2,1-2H3,(H,32,35). The number of rotatable bonds is 7. The van der Waals surface area contributed by atoms with Crippen molar-refractivity contribution in [2.45, 2.75) is 28.8 Å². The first-order chi connectivity index (χ1) is 18.4. The van der Waals surface area contributed by atoms with E-state index < -0.39 is 0 Å². The first-order valence-corrected chi connectivity index (χ1v) is 14.1. The molecule has 1 heterocycles. The first kappa shape index (κ1) is 26.1. The maximum Gasteiger partial charge on any atom is 0.266 e. The Hall–Kier alpha value is -3.52. The smallest absolute Gasteiger partial charge is 0.266 e. The molecule has 1 amide bonds. The third-order valence-corrected chi connectivity index (χ3v) is 8.02. The zero-order valence-electron chi connectivity index (χ0n) is 20.8. The summed E-state index contributed by atoms with van der Waals surface area (Å²) < 4.78 is 1.60. The van der Waals surface area contributed by atoms with Crippen LogP contribution in [0.25, 0.3) is 16.6 Å². The number of carbonyl (C=O) groups is 1. The Labute approximate surface area is 234 Å². The summed E-state index contributed by atoms with van der Waals surface area (Å²) in [5, 5.41) is 4.70. The molecule has 0 aliphatic heterocycles. The van der Waals surface area contributed by atoms with Gasteiger partial charge >= 0.3 is 0 Å². The van der Waals surface area contributed by atoms with Crippen LogP contribution in [0.2, 0.25) is 5.02 Å².